The molecule has 2 amide bonds. The Hall–Kier alpha value is -5.04. The molecular formula is C25H21N5O8. The molecule has 38 heavy (non-hydrogen) atoms. The number of morpholine rings is 1. The van der Waals surface area contributed by atoms with Gasteiger partial charge in [-0.1, -0.05) is 5.16 Å². The van der Waals surface area contributed by atoms with E-state index in [-0.39, 0.29) is 24.5 Å². The number of carbonyl (C=O) groups excluding carboxylic acids is 2. The summed E-state index contributed by atoms with van der Waals surface area (Å²) in [4.78, 5) is 67.5. The van der Waals surface area contributed by atoms with Crippen LogP contribution >= 0.6 is 0 Å². The third-order valence-electron chi connectivity index (χ3n) is 6.10. The highest BCUT2D eigenvalue weighted by Gasteiger charge is 2.41. The van der Waals surface area contributed by atoms with Crippen LogP contribution in [0.3, 0.4) is 0 Å². The van der Waals surface area contributed by atoms with E-state index in [4.69, 9.17) is 4.74 Å². The van der Waals surface area contributed by atoms with Crippen LogP contribution in [-0.4, -0.2) is 57.3 Å². The molecule has 0 radical (unpaired) electrons. The lowest BCUT2D eigenvalue weighted by Crippen LogP contribution is -2.53. The monoisotopic (exact) mass is 519 g/mol. The van der Waals surface area contributed by atoms with Crippen molar-refractivity contribution in [1.82, 2.24) is 15.1 Å². The molecule has 0 aliphatic carbocycles. The van der Waals surface area contributed by atoms with E-state index in [0.29, 0.717) is 27.8 Å². The Balaban J connectivity index is 1.36. The van der Waals surface area contributed by atoms with E-state index in [2.05, 4.69) is 25.0 Å². The molecular weight excluding hydrogens is 498 g/mol. The lowest BCUT2D eigenvalue weighted by Gasteiger charge is -2.35. The summed E-state index contributed by atoms with van der Waals surface area (Å²) in [5.41, 5.74) is 1.74. The molecule has 4 aromatic rings. The van der Waals surface area contributed by atoms with Crippen LogP contribution in [0, 0.1) is 5.92 Å². The maximum atomic E-state index is 13.4. The third-order valence-corrected chi connectivity index (χ3v) is 6.10. The van der Waals surface area contributed by atoms with Gasteiger partial charge in [0.1, 0.15) is 6.10 Å². The van der Waals surface area contributed by atoms with Crippen molar-refractivity contribution < 1.29 is 28.8 Å². The van der Waals surface area contributed by atoms with Crippen molar-refractivity contribution in [3.05, 3.63) is 75.5 Å². The average Bonchev–Trinajstić information content (AvgIpc) is 3.34. The number of aromatic amines is 2. The molecule has 2 aromatic heterocycles. The minimum absolute atomic E-state index is 0.0913. The molecule has 0 unspecified atom stereocenters. The van der Waals surface area contributed by atoms with Crippen LogP contribution in [0.25, 0.3) is 22.3 Å². The molecule has 5 rings (SSSR count). The number of carbonyl (C=O) groups is 3. The van der Waals surface area contributed by atoms with Gasteiger partial charge in [-0.15, -0.1) is 0 Å². The Morgan fingerprint density at radius 3 is 2.58 bits per heavy atom. The van der Waals surface area contributed by atoms with Gasteiger partial charge in [0.05, 0.1) is 18.9 Å². The van der Waals surface area contributed by atoms with E-state index >= 15 is 0 Å². The summed E-state index contributed by atoms with van der Waals surface area (Å²) in [7, 11) is 0. The van der Waals surface area contributed by atoms with Crippen LogP contribution in [0.4, 0.5) is 11.4 Å². The number of pyridine rings is 1. The number of rotatable bonds is 7. The minimum Gasteiger partial charge on any atom is -0.481 e. The van der Waals surface area contributed by atoms with E-state index in [1.165, 1.54) is 23.1 Å². The highest BCUT2D eigenvalue weighted by molar-refractivity contribution is 6.04. The lowest BCUT2D eigenvalue weighted by molar-refractivity contribution is -0.149. The third kappa shape index (κ3) is 5.08. The molecule has 0 bridgehead atoms. The SMILES string of the molecule is O=C(O)C[C@@H](C(=O)Nc1ccc(-c2noc(=O)[nH]2)cc1)[C@H]1OCCN(c2ccc3[nH]c(=O)ccc3c2)C1=O. The van der Waals surface area contributed by atoms with Gasteiger partial charge in [0.25, 0.3) is 5.91 Å². The molecule has 13 heteroatoms. The number of carboxylic acids is 1. The molecule has 2 aromatic carbocycles. The molecule has 4 N–H and O–H groups in total. The second-order valence-electron chi connectivity index (χ2n) is 8.59. The number of aromatic nitrogens is 3. The summed E-state index contributed by atoms with van der Waals surface area (Å²) in [6, 6.07) is 14.3. The second kappa shape index (κ2) is 10.1. The number of fused-ring (bicyclic) bond motifs is 1. The molecule has 2 atom stereocenters. The number of benzene rings is 2. The van der Waals surface area contributed by atoms with Gasteiger partial charge in [-0.05, 0) is 48.5 Å². The van der Waals surface area contributed by atoms with Gasteiger partial charge in [0, 0.05) is 40.5 Å². The van der Waals surface area contributed by atoms with Crippen LogP contribution in [0.2, 0.25) is 0 Å². The van der Waals surface area contributed by atoms with E-state index in [1.807, 2.05) is 0 Å². The first-order chi connectivity index (χ1) is 18.3. The van der Waals surface area contributed by atoms with Crippen molar-refractivity contribution in [3.63, 3.8) is 0 Å². The maximum Gasteiger partial charge on any atom is 0.439 e. The van der Waals surface area contributed by atoms with E-state index in [1.54, 1.807) is 36.4 Å². The fraction of sp³-hybridized carbons (Fsp3) is 0.200. The predicted molar refractivity (Wildman–Crippen MR) is 134 cm³/mol. The lowest BCUT2D eigenvalue weighted by atomic mass is 9.94. The number of hydrogen-bond donors (Lipinski definition) is 4. The summed E-state index contributed by atoms with van der Waals surface area (Å²) in [5, 5.41) is 16.4. The fourth-order valence-electron chi connectivity index (χ4n) is 4.29. The van der Waals surface area contributed by atoms with Crippen LogP contribution in [0.5, 0.6) is 0 Å². The summed E-state index contributed by atoms with van der Waals surface area (Å²) in [5.74, 6) is -4.33. The Kier molecular flexibility index (Phi) is 6.58. The normalized spacial score (nSPS) is 16.4. The smallest absolute Gasteiger partial charge is 0.439 e. The van der Waals surface area contributed by atoms with Crippen LogP contribution in [0.15, 0.2) is 68.7 Å². The highest BCUT2D eigenvalue weighted by atomic mass is 16.5. The highest BCUT2D eigenvalue weighted by Crippen LogP contribution is 2.27. The summed E-state index contributed by atoms with van der Waals surface area (Å²) >= 11 is 0. The molecule has 0 saturated carbocycles. The number of H-pyrrole nitrogens is 2. The number of aliphatic carboxylic acids is 1. The van der Waals surface area contributed by atoms with Gasteiger partial charge >= 0.3 is 11.7 Å². The second-order valence-corrected chi connectivity index (χ2v) is 8.59. The number of anilines is 2. The number of hydrogen-bond acceptors (Lipinski definition) is 8. The number of ether oxygens (including phenoxy) is 1. The van der Waals surface area contributed by atoms with Gasteiger partial charge in [0.15, 0.2) is 5.82 Å². The number of nitrogens with zero attached hydrogens (tertiary/aromatic N) is 2. The first kappa shape index (κ1) is 24.6. The average molecular weight is 519 g/mol. The molecule has 1 saturated heterocycles. The fourth-order valence-corrected chi connectivity index (χ4v) is 4.29. The van der Waals surface area contributed by atoms with Crippen LogP contribution in [-0.2, 0) is 19.1 Å². The van der Waals surface area contributed by atoms with Crippen molar-refractivity contribution in [2.45, 2.75) is 12.5 Å². The van der Waals surface area contributed by atoms with Crippen molar-refractivity contribution in [1.29, 1.82) is 0 Å². The van der Waals surface area contributed by atoms with Crippen LogP contribution < -0.4 is 21.5 Å². The van der Waals surface area contributed by atoms with Crippen LogP contribution in [0.1, 0.15) is 6.42 Å². The molecule has 1 aliphatic heterocycles. The number of amides is 2. The zero-order chi connectivity index (χ0) is 26.8. The first-order valence-electron chi connectivity index (χ1n) is 11.5. The summed E-state index contributed by atoms with van der Waals surface area (Å²) < 4.78 is 10.1. The topological polar surface area (TPSA) is 188 Å². The maximum absolute atomic E-state index is 13.4. The molecule has 1 fully saturated rings. The Labute approximate surface area is 213 Å². The Morgan fingerprint density at radius 1 is 1.08 bits per heavy atom. The molecule has 0 spiro atoms. The van der Waals surface area contributed by atoms with E-state index in [9.17, 15) is 29.1 Å². The molecule has 3 heterocycles. The zero-order valence-electron chi connectivity index (χ0n) is 19.7. The standard InChI is InChI=1S/C25H21N5O8/c31-19-8-3-14-11-16(6-7-18(14)27-19)30-9-10-37-21(24(30)35)17(12-20(32)33)23(34)26-15-4-1-13(2-5-15)22-28-25(36)38-29-22/h1-8,11,17,21H,9-10,12H2,(H,26,34)(H,27,31)(H,32,33)(H,28,29,36)/t17-,21-/m1/s1. The largest absolute Gasteiger partial charge is 0.481 e. The quantitative estimate of drug-likeness (QED) is 0.279. The first-order valence-corrected chi connectivity index (χ1v) is 11.5. The van der Waals surface area contributed by atoms with Crippen molar-refractivity contribution >= 4 is 40.1 Å². The molecule has 1 aliphatic rings. The predicted octanol–water partition coefficient (Wildman–Crippen LogP) is 1.33. The molecule has 13 nitrogen and oxygen atoms in total. The van der Waals surface area contributed by atoms with E-state index < -0.39 is 42.0 Å². The molecule has 194 valence electrons. The summed E-state index contributed by atoms with van der Waals surface area (Å²) in [6.07, 6.45) is -1.96. The number of carboxylic acid groups (broad SMARTS) is 1. The van der Waals surface area contributed by atoms with Gasteiger partial charge in [-0.3, -0.25) is 28.7 Å². The zero-order valence-corrected chi connectivity index (χ0v) is 19.7. The van der Waals surface area contributed by atoms with Crippen molar-refractivity contribution in [3.8, 4) is 11.4 Å². The van der Waals surface area contributed by atoms with Crippen molar-refractivity contribution in [2.75, 3.05) is 23.4 Å². The van der Waals surface area contributed by atoms with Gasteiger partial charge in [-0.2, -0.15) is 0 Å². The van der Waals surface area contributed by atoms with Gasteiger partial charge in [0.2, 0.25) is 11.5 Å². The van der Waals surface area contributed by atoms with Gasteiger partial charge in [-0.25, -0.2) is 4.79 Å². The Bertz CT molecular complexity index is 1640. The van der Waals surface area contributed by atoms with Crippen molar-refractivity contribution in [2.24, 2.45) is 5.92 Å². The minimum atomic E-state index is -1.33. The number of nitrogens with one attached hydrogen (secondary N) is 3. The van der Waals surface area contributed by atoms with E-state index in [0.717, 1.165) is 0 Å². The Morgan fingerprint density at radius 2 is 1.87 bits per heavy atom. The summed E-state index contributed by atoms with van der Waals surface area (Å²) in [6.45, 7) is 0.297. The van der Waals surface area contributed by atoms with Gasteiger partial charge < -0.3 is 25.0 Å².